The molecule has 0 aliphatic carbocycles. The van der Waals surface area contributed by atoms with Crippen molar-refractivity contribution in [3.05, 3.63) is 27.7 Å². The Hall–Kier alpha value is -0.720. The molecule has 6 heteroatoms. The van der Waals surface area contributed by atoms with Crippen molar-refractivity contribution in [2.24, 2.45) is 11.7 Å². The molecule has 1 aliphatic rings. The third-order valence-electron chi connectivity index (χ3n) is 3.68. The van der Waals surface area contributed by atoms with Crippen LogP contribution >= 0.6 is 15.9 Å². The van der Waals surface area contributed by atoms with Gasteiger partial charge in [-0.2, -0.15) is 4.39 Å². The van der Waals surface area contributed by atoms with Crippen LogP contribution in [-0.4, -0.2) is 32.1 Å². The third-order valence-corrected chi connectivity index (χ3v) is 4.26. The van der Waals surface area contributed by atoms with Crippen LogP contribution in [0.2, 0.25) is 0 Å². The highest BCUT2D eigenvalue weighted by atomic mass is 79.9. The predicted octanol–water partition coefficient (Wildman–Crippen LogP) is 2.69. The Morgan fingerprint density at radius 3 is 2.68 bits per heavy atom. The van der Waals surface area contributed by atoms with Crippen molar-refractivity contribution >= 4 is 15.9 Å². The maximum atomic E-state index is 14.2. The molecule has 1 heterocycles. The molecule has 1 aliphatic heterocycles. The lowest BCUT2D eigenvalue weighted by Gasteiger charge is -2.21. The fraction of sp³-hybridized carbons (Fsp3) is 0.538. The quantitative estimate of drug-likeness (QED) is 0.864. The van der Waals surface area contributed by atoms with Crippen LogP contribution in [0.25, 0.3) is 0 Å². The number of nitrogens with two attached hydrogens (primary N) is 1. The van der Waals surface area contributed by atoms with Crippen LogP contribution in [-0.2, 0) is 0 Å². The molecule has 0 aromatic heterocycles. The van der Waals surface area contributed by atoms with E-state index in [0.29, 0.717) is 22.5 Å². The number of hydrogen-bond donors (Lipinski definition) is 1. The Morgan fingerprint density at radius 2 is 2.16 bits per heavy atom. The molecule has 2 unspecified atom stereocenters. The molecule has 3 nitrogen and oxygen atoms in total. The number of methoxy groups -OCH3 is 1. The van der Waals surface area contributed by atoms with Crippen LogP contribution in [0.4, 0.5) is 8.78 Å². The summed E-state index contributed by atoms with van der Waals surface area (Å²) in [5.74, 6) is -1.57. The zero-order chi connectivity index (χ0) is 14.2. The van der Waals surface area contributed by atoms with Crippen molar-refractivity contribution in [3.63, 3.8) is 0 Å². The molecule has 0 bridgehead atoms. The van der Waals surface area contributed by atoms with Gasteiger partial charge in [0, 0.05) is 18.2 Å². The van der Waals surface area contributed by atoms with E-state index in [2.05, 4.69) is 15.9 Å². The minimum absolute atomic E-state index is 0.0997. The number of ether oxygens (including phenoxy) is 1. The first kappa shape index (κ1) is 14.7. The average molecular weight is 335 g/mol. The van der Waals surface area contributed by atoms with Crippen LogP contribution in [0.15, 0.2) is 10.5 Å². The SMILES string of the molecule is COc1c(Br)cc(C2CC(CN)CN2C)c(F)c1F. The highest BCUT2D eigenvalue weighted by Gasteiger charge is 2.33. The van der Waals surface area contributed by atoms with Crippen molar-refractivity contribution in [2.45, 2.75) is 12.5 Å². The van der Waals surface area contributed by atoms with Crippen LogP contribution in [0.3, 0.4) is 0 Å². The van der Waals surface area contributed by atoms with Crippen molar-refractivity contribution in [3.8, 4) is 5.75 Å². The third kappa shape index (κ3) is 2.61. The molecule has 19 heavy (non-hydrogen) atoms. The molecule has 1 aromatic rings. The Balaban J connectivity index is 2.41. The molecule has 0 radical (unpaired) electrons. The number of nitrogens with zero attached hydrogens (tertiary/aromatic N) is 1. The maximum absolute atomic E-state index is 14.2. The summed E-state index contributed by atoms with van der Waals surface area (Å²) < 4.78 is 33.3. The second-order valence-electron chi connectivity index (χ2n) is 4.90. The molecule has 2 rings (SSSR count). The van der Waals surface area contributed by atoms with Gasteiger partial charge in [-0.3, -0.25) is 4.90 Å². The van der Waals surface area contributed by atoms with E-state index in [1.165, 1.54) is 7.11 Å². The summed E-state index contributed by atoms with van der Waals surface area (Å²) in [6.45, 7) is 1.36. The Bertz CT molecular complexity index is 484. The fourth-order valence-corrected chi connectivity index (χ4v) is 3.25. The number of benzene rings is 1. The van der Waals surface area contributed by atoms with E-state index in [1.54, 1.807) is 6.07 Å². The molecule has 2 N–H and O–H groups in total. The van der Waals surface area contributed by atoms with Gasteiger partial charge in [0.15, 0.2) is 11.6 Å². The second-order valence-corrected chi connectivity index (χ2v) is 5.76. The topological polar surface area (TPSA) is 38.5 Å². The van der Waals surface area contributed by atoms with Crippen LogP contribution < -0.4 is 10.5 Å². The summed E-state index contributed by atoms with van der Waals surface area (Å²) in [5.41, 5.74) is 6.01. The molecule has 1 saturated heterocycles. The fourth-order valence-electron chi connectivity index (χ4n) is 2.67. The van der Waals surface area contributed by atoms with Gasteiger partial charge in [-0.15, -0.1) is 0 Å². The standard InChI is InChI=1S/C13H17BrF2N2O/c1-18-6-7(5-17)3-10(18)8-4-9(14)13(19-2)12(16)11(8)15/h4,7,10H,3,5-6,17H2,1-2H3. The summed E-state index contributed by atoms with van der Waals surface area (Å²) in [6.07, 6.45) is 0.738. The molecule has 106 valence electrons. The minimum atomic E-state index is -0.948. The van der Waals surface area contributed by atoms with E-state index in [9.17, 15) is 8.78 Å². The second kappa shape index (κ2) is 5.73. The van der Waals surface area contributed by atoms with Gasteiger partial charge in [0.05, 0.1) is 11.6 Å². The van der Waals surface area contributed by atoms with Gasteiger partial charge >= 0.3 is 0 Å². The summed E-state index contributed by atoms with van der Waals surface area (Å²) in [5, 5.41) is 0. The highest BCUT2D eigenvalue weighted by molar-refractivity contribution is 9.10. The summed E-state index contributed by atoms with van der Waals surface area (Å²) in [6, 6.07) is 1.45. The summed E-state index contributed by atoms with van der Waals surface area (Å²) in [4.78, 5) is 2.01. The zero-order valence-corrected chi connectivity index (χ0v) is 12.5. The van der Waals surface area contributed by atoms with Gasteiger partial charge in [-0.05, 0) is 47.9 Å². The van der Waals surface area contributed by atoms with E-state index < -0.39 is 11.6 Å². The lowest BCUT2D eigenvalue weighted by atomic mass is 9.99. The van der Waals surface area contributed by atoms with Crippen molar-refractivity contribution < 1.29 is 13.5 Å². The monoisotopic (exact) mass is 334 g/mol. The van der Waals surface area contributed by atoms with Gasteiger partial charge < -0.3 is 10.5 Å². The summed E-state index contributed by atoms with van der Waals surface area (Å²) in [7, 11) is 3.21. The van der Waals surface area contributed by atoms with E-state index in [0.717, 1.165) is 13.0 Å². The lowest BCUT2D eigenvalue weighted by molar-refractivity contribution is 0.300. The normalized spacial score (nSPS) is 23.9. The van der Waals surface area contributed by atoms with E-state index in [4.69, 9.17) is 10.5 Å². The largest absolute Gasteiger partial charge is 0.492 e. The number of rotatable bonds is 3. The first-order valence-corrected chi connectivity index (χ1v) is 6.90. The van der Waals surface area contributed by atoms with Crippen LogP contribution in [0.1, 0.15) is 18.0 Å². The van der Waals surface area contributed by atoms with Gasteiger partial charge in [0.25, 0.3) is 0 Å². The van der Waals surface area contributed by atoms with Gasteiger partial charge in [-0.1, -0.05) is 0 Å². The van der Waals surface area contributed by atoms with Crippen LogP contribution in [0, 0.1) is 17.6 Å². The van der Waals surface area contributed by atoms with E-state index in [-0.39, 0.29) is 11.8 Å². The highest BCUT2D eigenvalue weighted by Crippen LogP contribution is 2.40. The molecule has 1 aromatic carbocycles. The molecule has 0 spiro atoms. The molecule has 2 atom stereocenters. The molecule has 0 saturated carbocycles. The van der Waals surface area contributed by atoms with Gasteiger partial charge in [-0.25, -0.2) is 4.39 Å². The first-order chi connectivity index (χ1) is 8.99. The molecule has 0 amide bonds. The smallest absolute Gasteiger partial charge is 0.202 e. The molecular formula is C13H17BrF2N2O. The minimum Gasteiger partial charge on any atom is -0.492 e. The van der Waals surface area contributed by atoms with Crippen molar-refractivity contribution in [1.29, 1.82) is 0 Å². The zero-order valence-electron chi connectivity index (χ0n) is 10.9. The van der Waals surface area contributed by atoms with E-state index in [1.807, 2.05) is 11.9 Å². The lowest BCUT2D eigenvalue weighted by Crippen LogP contribution is -2.21. The molecule has 1 fully saturated rings. The van der Waals surface area contributed by atoms with Crippen molar-refractivity contribution in [1.82, 2.24) is 4.90 Å². The number of likely N-dealkylation sites (tertiary alicyclic amines) is 1. The number of halogens is 3. The Kier molecular flexibility index (Phi) is 4.43. The van der Waals surface area contributed by atoms with Gasteiger partial charge in [0.1, 0.15) is 0 Å². The van der Waals surface area contributed by atoms with Crippen LogP contribution in [0.5, 0.6) is 5.75 Å². The average Bonchev–Trinajstić information content (AvgIpc) is 2.76. The first-order valence-electron chi connectivity index (χ1n) is 6.11. The number of hydrogen-bond acceptors (Lipinski definition) is 3. The Morgan fingerprint density at radius 1 is 1.47 bits per heavy atom. The van der Waals surface area contributed by atoms with E-state index >= 15 is 0 Å². The summed E-state index contributed by atoms with van der Waals surface area (Å²) >= 11 is 3.22. The predicted molar refractivity (Wildman–Crippen MR) is 73.1 cm³/mol. The van der Waals surface area contributed by atoms with Gasteiger partial charge in [0.2, 0.25) is 5.82 Å². The maximum Gasteiger partial charge on any atom is 0.202 e. The Labute approximate surface area is 119 Å². The van der Waals surface area contributed by atoms with Crippen molar-refractivity contribution in [2.75, 3.05) is 27.2 Å². The molecular weight excluding hydrogens is 318 g/mol.